The van der Waals surface area contributed by atoms with Crippen molar-refractivity contribution in [3.05, 3.63) is 65.2 Å². The highest BCUT2D eigenvalue weighted by atomic mass is 16.5. The van der Waals surface area contributed by atoms with Crippen LogP contribution in [0.15, 0.2) is 48.5 Å². The lowest BCUT2D eigenvalue weighted by Crippen LogP contribution is -2.30. The van der Waals surface area contributed by atoms with Crippen LogP contribution in [0.4, 0.5) is 0 Å². The van der Waals surface area contributed by atoms with E-state index in [0.717, 1.165) is 16.9 Å². The van der Waals surface area contributed by atoms with Crippen molar-refractivity contribution < 1.29 is 14.3 Å². The summed E-state index contributed by atoms with van der Waals surface area (Å²) in [7, 11) is 1.63. The van der Waals surface area contributed by atoms with Crippen molar-refractivity contribution in [2.45, 2.75) is 13.2 Å². The molecule has 1 amide bonds. The highest BCUT2D eigenvalue weighted by molar-refractivity contribution is 5.95. The molecule has 0 saturated heterocycles. The number of benzene rings is 2. The normalized spacial score (nSPS) is 10.2. The van der Waals surface area contributed by atoms with Gasteiger partial charge in [-0.3, -0.25) is 10.2 Å². The monoisotopic (exact) mass is 286 g/mol. The van der Waals surface area contributed by atoms with Crippen molar-refractivity contribution in [3.63, 3.8) is 0 Å². The van der Waals surface area contributed by atoms with Crippen LogP contribution < -0.4 is 16.0 Å². The molecule has 0 aliphatic rings. The fourth-order valence-electron chi connectivity index (χ4n) is 1.95. The minimum Gasteiger partial charge on any atom is -0.497 e. The lowest BCUT2D eigenvalue weighted by Gasteiger charge is -2.09. The molecular formula is C16H18N2O3. The third kappa shape index (κ3) is 4.05. The van der Waals surface area contributed by atoms with Gasteiger partial charge in [0.05, 0.1) is 20.3 Å². The Bertz CT molecular complexity index is 597. The van der Waals surface area contributed by atoms with Crippen molar-refractivity contribution in [2.75, 3.05) is 7.11 Å². The third-order valence-corrected chi connectivity index (χ3v) is 3.08. The van der Waals surface area contributed by atoms with Gasteiger partial charge in [-0.2, -0.15) is 0 Å². The van der Waals surface area contributed by atoms with Crippen molar-refractivity contribution in [3.8, 4) is 5.75 Å². The first-order chi connectivity index (χ1) is 10.2. The molecule has 3 N–H and O–H groups in total. The summed E-state index contributed by atoms with van der Waals surface area (Å²) in [5.41, 5.74) is 4.50. The maximum atomic E-state index is 11.6. The van der Waals surface area contributed by atoms with E-state index >= 15 is 0 Å². The molecule has 0 aromatic heterocycles. The van der Waals surface area contributed by atoms with Crippen LogP contribution in [0.3, 0.4) is 0 Å². The zero-order valence-corrected chi connectivity index (χ0v) is 11.8. The average Bonchev–Trinajstić information content (AvgIpc) is 2.55. The molecule has 0 unspecified atom stereocenters. The van der Waals surface area contributed by atoms with E-state index < -0.39 is 0 Å². The number of ether oxygens (including phenoxy) is 2. The van der Waals surface area contributed by atoms with Gasteiger partial charge in [-0.15, -0.1) is 0 Å². The summed E-state index contributed by atoms with van der Waals surface area (Å²) >= 11 is 0. The van der Waals surface area contributed by atoms with E-state index in [2.05, 4.69) is 5.43 Å². The van der Waals surface area contributed by atoms with Gasteiger partial charge in [-0.1, -0.05) is 30.3 Å². The fourth-order valence-corrected chi connectivity index (χ4v) is 1.95. The highest BCUT2D eigenvalue weighted by Crippen LogP contribution is 2.14. The summed E-state index contributed by atoms with van der Waals surface area (Å²) in [5.74, 6) is 5.66. The maximum Gasteiger partial charge on any atom is 0.265 e. The summed E-state index contributed by atoms with van der Waals surface area (Å²) in [6.07, 6.45) is 0. The van der Waals surface area contributed by atoms with Gasteiger partial charge in [0.15, 0.2) is 0 Å². The third-order valence-electron chi connectivity index (χ3n) is 3.08. The van der Waals surface area contributed by atoms with E-state index in [0.29, 0.717) is 18.8 Å². The Labute approximate surface area is 123 Å². The number of methoxy groups -OCH3 is 1. The molecular weight excluding hydrogens is 268 g/mol. The maximum absolute atomic E-state index is 11.6. The van der Waals surface area contributed by atoms with E-state index in [-0.39, 0.29) is 5.91 Å². The first kappa shape index (κ1) is 15.0. The number of nitrogens with one attached hydrogen (secondary N) is 1. The molecule has 0 aliphatic carbocycles. The van der Waals surface area contributed by atoms with Crippen LogP contribution in [-0.4, -0.2) is 13.0 Å². The standard InChI is InChI=1S/C16H18N2O3/c1-20-14-8-6-12(7-9-14)10-21-11-13-4-2-3-5-15(13)16(19)18-17/h2-9H,10-11,17H2,1H3,(H,18,19). The van der Waals surface area contributed by atoms with Gasteiger partial charge in [-0.05, 0) is 29.3 Å². The van der Waals surface area contributed by atoms with Gasteiger partial charge < -0.3 is 9.47 Å². The van der Waals surface area contributed by atoms with E-state index in [1.54, 1.807) is 19.2 Å². The molecule has 0 heterocycles. The molecule has 5 heteroatoms. The molecule has 0 saturated carbocycles. The van der Waals surface area contributed by atoms with E-state index in [1.165, 1.54) is 0 Å². The molecule has 0 atom stereocenters. The number of amides is 1. The Balaban J connectivity index is 1.95. The number of nitrogens with two attached hydrogens (primary N) is 1. The predicted molar refractivity (Wildman–Crippen MR) is 79.6 cm³/mol. The van der Waals surface area contributed by atoms with Crippen molar-refractivity contribution in [1.29, 1.82) is 0 Å². The second kappa shape index (κ2) is 7.42. The molecule has 0 bridgehead atoms. The Morgan fingerprint density at radius 3 is 2.48 bits per heavy atom. The minimum atomic E-state index is -0.321. The Morgan fingerprint density at radius 1 is 1.10 bits per heavy atom. The van der Waals surface area contributed by atoms with Crippen LogP contribution in [0, 0.1) is 0 Å². The lowest BCUT2D eigenvalue weighted by molar-refractivity contribution is 0.0927. The molecule has 5 nitrogen and oxygen atoms in total. The zero-order valence-electron chi connectivity index (χ0n) is 11.8. The molecule has 2 aromatic carbocycles. The summed E-state index contributed by atoms with van der Waals surface area (Å²) in [5, 5.41) is 0. The van der Waals surface area contributed by atoms with Gasteiger partial charge in [0.1, 0.15) is 5.75 Å². The predicted octanol–water partition coefficient (Wildman–Crippen LogP) is 2.02. The summed E-state index contributed by atoms with van der Waals surface area (Å²) in [4.78, 5) is 11.6. The molecule has 2 rings (SSSR count). The minimum absolute atomic E-state index is 0.321. The fraction of sp³-hybridized carbons (Fsp3) is 0.188. The Kier molecular flexibility index (Phi) is 5.31. The molecule has 0 radical (unpaired) electrons. The van der Waals surface area contributed by atoms with Crippen LogP contribution >= 0.6 is 0 Å². The Morgan fingerprint density at radius 2 is 1.81 bits per heavy atom. The van der Waals surface area contributed by atoms with Crippen LogP contribution in [0.5, 0.6) is 5.75 Å². The second-order valence-electron chi connectivity index (χ2n) is 4.47. The van der Waals surface area contributed by atoms with Gasteiger partial charge in [0.25, 0.3) is 5.91 Å². The Hall–Kier alpha value is -2.37. The highest BCUT2D eigenvalue weighted by Gasteiger charge is 2.09. The van der Waals surface area contributed by atoms with E-state index in [9.17, 15) is 4.79 Å². The number of carbonyl (C=O) groups excluding carboxylic acids is 1. The summed E-state index contributed by atoms with van der Waals surface area (Å²) in [6, 6.07) is 14.9. The number of carbonyl (C=O) groups is 1. The van der Waals surface area contributed by atoms with E-state index in [4.69, 9.17) is 15.3 Å². The molecule has 0 spiro atoms. The molecule has 2 aromatic rings. The quantitative estimate of drug-likeness (QED) is 0.484. The number of rotatable bonds is 6. The SMILES string of the molecule is COc1ccc(COCc2ccccc2C(=O)NN)cc1. The molecule has 0 aliphatic heterocycles. The first-order valence-corrected chi connectivity index (χ1v) is 6.54. The smallest absolute Gasteiger partial charge is 0.265 e. The topological polar surface area (TPSA) is 73.6 Å². The molecule has 110 valence electrons. The van der Waals surface area contributed by atoms with Gasteiger partial charge in [0, 0.05) is 5.56 Å². The van der Waals surface area contributed by atoms with Gasteiger partial charge in [0.2, 0.25) is 0 Å². The van der Waals surface area contributed by atoms with Gasteiger partial charge in [-0.25, -0.2) is 5.84 Å². The van der Waals surface area contributed by atoms with Crippen LogP contribution in [-0.2, 0) is 18.0 Å². The number of nitrogen functional groups attached to an aromatic ring is 1. The van der Waals surface area contributed by atoms with Crippen LogP contribution in [0.2, 0.25) is 0 Å². The summed E-state index contributed by atoms with van der Waals surface area (Å²) in [6.45, 7) is 0.804. The molecule has 0 fully saturated rings. The molecule has 21 heavy (non-hydrogen) atoms. The average molecular weight is 286 g/mol. The zero-order chi connectivity index (χ0) is 15.1. The summed E-state index contributed by atoms with van der Waals surface area (Å²) < 4.78 is 10.8. The number of hydrazine groups is 1. The van der Waals surface area contributed by atoms with Crippen LogP contribution in [0.1, 0.15) is 21.5 Å². The number of hydrogen-bond acceptors (Lipinski definition) is 4. The van der Waals surface area contributed by atoms with Crippen molar-refractivity contribution in [2.24, 2.45) is 5.84 Å². The van der Waals surface area contributed by atoms with E-state index in [1.807, 2.05) is 36.4 Å². The van der Waals surface area contributed by atoms with Crippen molar-refractivity contribution >= 4 is 5.91 Å². The number of hydrogen-bond donors (Lipinski definition) is 2. The van der Waals surface area contributed by atoms with Crippen LogP contribution in [0.25, 0.3) is 0 Å². The first-order valence-electron chi connectivity index (χ1n) is 6.54. The second-order valence-corrected chi connectivity index (χ2v) is 4.47. The van der Waals surface area contributed by atoms with Gasteiger partial charge >= 0.3 is 0 Å². The van der Waals surface area contributed by atoms with Crippen molar-refractivity contribution in [1.82, 2.24) is 5.43 Å². The largest absolute Gasteiger partial charge is 0.497 e. The lowest BCUT2D eigenvalue weighted by atomic mass is 10.1.